The summed E-state index contributed by atoms with van der Waals surface area (Å²) >= 11 is 0. The van der Waals surface area contributed by atoms with E-state index in [2.05, 4.69) is 140 Å². The summed E-state index contributed by atoms with van der Waals surface area (Å²) in [6.45, 7) is 0. The van der Waals surface area contributed by atoms with Crippen molar-refractivity contribution in [2.45, 2.75) is 0 Å². The predicted molar refractivity (Wildman–Crippen MR) is 251 cm³/mol. The lowest BCUT2D eigenvalue weighted by atomic mass is 9.87. The third-order valence-corrected chi connectivity index (χ3v) is 14.6. The Labute approximate surface area is 339 Å². The van der Waals surface area contributed by atoms with E-state index < -0.39 is 11.6 Å². The molecule has 0 aromatic heterocycles. The SMILES string of the molecule is Fc1cc(F)cc(-c2c3cc4c5cccc6cccc(c65)c4c4c5ccccc5c(c5c6ccc7c8ccc9c%10c(ccc(c%11ccc(c25)c6c%117)c%108)-c2ccccc2-9)c34)c1. The lowest BCUT2D eigenvalue weighted by Gasteiger charge is -2.16. The Hall–Kier alpha value is -7.68. The normalized spacial score (nSPS) is 13.2. The monoisotopic (exact) mass is 760 g/mol. The third kappa shape index (κ3) is 3.24. The minimum Gasteiger partial charge on any atom is -0.207 e. The third-order valence-electron chi connectivity index (χ3n) is 14.6. The minimum absolute atomic E-state index is 0.552. The Bertz CT molecular complexity index is 4370. The molecule has 16 rings (SSSR count). The first kappa shape index (κ1) is 30.4. The van der Waals surface area contributed by atoms with E-state index in [4.69, 9.17) is 0 Å². The zero-order valence-corrected chi connectivity index (χ0v) is 31.8. The molecule has 0 nitrogen and oxygen atoms in total. The molecular weight excluding hydrogens is 735 g/mol. The quantitative estimate of drug-likeness (QED) is 0.115. The second kappa shape index (κ2) is 9.94. The average molecular weight is 761 g/mol. The number of halogens is 2. The highest BCUT2D eigenvalue weighted by atomic mass is 19.1. The van der Waals surface area contributed by atoms with Crippen molar-refractivity contribution < 1.29 is 8.78 Å². The van der Waals surface area contributed by atoms with Crippen molar-refractivity contribution in [2.24, 2.45) is 0 Å². The van der Waals surface area contributed by atoms with Crippen molar-refractivity contribution in [3.8, 4) is 33.4 Å². The highest BCUT2D eigenvalue weighted by molar-refractivity contribution is 6.54. The van der Waals surface area contributed by atoms with E-state index >= 15 is 8.78 Å². The fourth-order valence-electron chi connectivity index (χ4n) is 12.6. The van der Waals surface area contributed by atoms with Gasteiger partial charge in [-0.3, -0.25) is 0 Å². The predicted octanol–water partition coefficient (Wildman–Crippen LogP) is 16.9. The van der Waals surface area contributed by atoms with Crippen LogP contribution in [-0.4, -0.2) is 0 Å². The van der Waals surface area contributed by atoms with Crippen LogP contribution in [0.5, 0.6) is 0 Å². The van der Waals surface area contributed by atoms with E-state index in [0.717, 1.165) is 38.6 Å². The molecule has 60 heavy (non-hydrogen) atoms. The van der Waals surface area contributed by atoms with Gasteiger partial charge >= 0.3 is 0 Å². The van der Waals surface area contributed by atoms with Gasteiger partial charge in [0.25, 0.3) is 0 Å². The Kier molecular flexibility index (Phi) is 5.04. The summed E-state index contributed by atoms with van der Waals surface area (Å²) in [7, 11) is 0. The Balaban J connectivity index is 1.19. The summed E-state index contributed by atoms with van der Waals surface area (Å²) in [4.78, 5) is 0. The van der Waals surface area contributed by atoms with Gasteiger partial charge in [0.1, 0.15) is 11.6 Å². The van der Waals surface area contributed by atoms with Gasteiger partial charge in [-0.05, 0) is 181 Å². The van der Waals surface area contributed by atoms with Crippen LogP contribution in [0.15, 0.2) is 158 Å². The lowest BCUT2D eigenvalue weighted by Crippen LogP contribution is -1.89. The van der Waals surface area contributed by atoms with Crippen molar-refractivity contribution in [3.05, 3.63) is 169 Å². The fraction of sp³-hybridized carbons (Fsp3) is 0. The average Bonchev–Trinajstić information content (AvgIpc) is 4.00. The zero-order valence-electron chi connectivity index (χ0n) is 31.8. The first-order chi connectivity index (χ1) is 29.6. The standard InChI is InChI=1S/C58H26F2/c59-29-23-28(24-30(60)25-29)48-46-26-45-35-13-5-7-27-8-6-14-42(47(27)35)53(45)54-33-11-3-4-12-34(33)55(58(46)54)57-44-22-20-41-39-18-16-37-32-10-2-1-9-31(32)36-15-17-38(50(39)49(36)37)40-19-21-43(56(48)57)52(44)51(40)41/h1-26H. The van der Waals surface area contributed by atoms with Crippen molar-refractivity contribution in [1.29, 1.82) is 0 Å². The molecule has 1 aliphatic rings. The van der Waals surface area contributed by atoms with E-state index in [1.807, 2.05) is 0 Å². The molecule has 0 fully saturated rings. The van der Waals surface area contributed by atoms with Gasteiger partial charge in [0.05, 0.1) is 0 Å². The molecule has 0 aliphatic heterocycles. The van der Waals surface area contributed by atoms with Crippen LogP contribution in [0.2, 0.25) is 0 Å². The molecule has 2 heteroatoms. The van der Waals surface area contributed by atoms with Gasteiger partial charge in [0, 0.05) is 6.07 Å². The van der Waals surface area contributed by atoms with Crippen LogP contribution in [-0.2, 0) is 0 Å². The van der Waals surface area contributed by atoms with Gasteiger partial charge < -0.3 is 0 Å². The molecule has 0 saturated heterocycles. The topological polar surface area (TPSA) is 0 Å². The first-order valence-corrected chi connectivity index (χ1v) is 20.7. The van der Waals surface area contributed by atoms with Crippen molar-refractivity contribution >= 4 is 129 Å². The van der Waals surface area contributed by atoms with Gasteiger partial charge in [-0.2, -0.15) is 0 Å². The second-order valence-corrected chi connectivity index (χ2v) is 17.2. The molecule has 0 atom stereocenters. The molecule has 272 valence electrons. The van der Waals surface area contributed by atoms with E-state index in [1.54, 1.807) is 0 Å². The summed E-state index contributed by atoms with van der Waals surface area (Å²) in [5, 5.41) is 28.9. The van der Waals surface area contributed by atoms with Crippen molar-refractivity contribution in [1.82, 2.24) is 0 Å². The highest BCUT2D eigenvalue weighted by Crippen LogP contribution is 2.59. The first-order valence-electron chi connectivity index (χ1n) is 20.7. The molecule has 1 aliphatic carbocycles. The largest absolute Gasteiger partial charge is 0.207 e. The molecule has 0 unspecified atom stereocenters. The molecule has 0 saturated carbocycles. The van der Waals surface area contributed by atoms with Crippen LogP contribution >= 0.6 is 0 Å². The molecule has 0 amide bonds. The Morgan fingerprint density at radius 3 is 1.32 bits per heavy atom. The second-order valence-electron chi connectivity index (χ2n) is 17.2. The fourth-order valence-corrected chi connectivity index (χ4v) is 12.6. The van der Waals surface area contributed by atoms with E-state index in [0.29, 0.717) is 5.56 Å². The Morgan fingerprint density at radius 1 is 0.233 bits per heavy atom. The number of hydrogen-bond donors (Lipinski definition) is 0. The van der Waals surface area contributed by atoms with Gasteiger partial charge in [0.2, 0.25) is 0 Å². The van der Waals surface area contributed by atoms with Gasteiger partial charge in [-0.15, -0.1) is 0 Å². The summed E-state index contributed by atoms with van der Waals surface area (Å²) in [5.74, 6) is -1.16. The van der Waals surface area contributed by atoms with Crippen LogP contribution in [0.25, 0.3) is 163 Å². The van der Waals surface area contributed by atoms with Gasteiger partial charge in [-0.25, -0.2) is 8.78 Å². The van der Waals surface area contributed by atoms with Gasteiger partial charge in [-0.1, -0.05) is 133 Å². The Morgan fingerprint density at radius 2 is 0.650 bits per heavy atom. The van der Waals surface area contributed by atoms with Crippen molar-refractivity contribution in [3.63, 3.8) is 0 Å². The highest BCUT2D eigenvalue weighted by Gasteiger charge is 2.30. The van der Waals surface area contributed by atoms with Crippen LogP contribution in [0.3, 0.4) is 0 Å². The maximum Gasteiger partial charge on any atom is 0.126 e. The molecule has 15 aromatic carbocycles. The van der Waals surface area contributed by atoms with E-state index in [-0.39, 0.29) is 0 Å². The molecule has 0 spiro atoms. The van der Waals surface area contributed by atoms with Crippen LogP contribution < -0.4 is 0 Å². The smallest absolute Gasteiger partial charge is 0.126 e. The number of hydrogen-bond acceptors (Lipinski definition) is 0. The van der Waals surface area contributed by atoms with Gasteiger partial charge in [0.15, 0.2) is 0 Å². The molecule has 0 N–H and O–H groups in total. The van der Waals surface area contributed by atoms with Crippen molar-refractivity contribution in [2.75, 3.05) is 0 Å². The summed E-state index contributed by atoms with van der Waals surface area (Å²) in [6.07, 6.45) is 0. The van der Waals surface area contributed by atoms with E-state index in [9.17, 15) is 0 Å². The maximum atomic E-state index is 15.6. The molecular formula is C58H26F2. The van der Waals surface area contributed by atoms with E-state index in [1.165, 1.54) is 137 Å². The number of fused-ring (bicyclic) bond motifs is 16. The van der Waals surface area contributed by atoms with Crippen LogP contribution in [0.1, 0.15) is 0 Å². The molecule has 15 aromatic rings. The number of benzene rings is 12. The maximum absolute atomic E-state index is 15.6. The lowest BCUT2D eigenvalue weighted by molar-refractivity contribution is 0.584. The summed E-state index contributed by atoms with van der Waals surface area (Å²) < 4.78 is 31.2. The minimum atomic E-state index is -0.580. The molecule has 0 heterocycles. The number of rotatable bonds is 1. The summed E-state index contributed by atoms with van der Waals surface area (Å²) in [5.41, 5.74) is 6.62. The molecule has 0 bridgehead atoms. The molecule has 0 radical (unpaired) electrons. The van der Waals surface area contributed by atoms with Crippen LogP contribution in [0, 0.1) is 11.6 Å². The summed E-state index contributed by atoms with van der Waals surface area (Å²) in [6, 6.07) is 55.8. The van der Waals surface area contributed by atoms with Crippen LogP contribution in [0.4, 0.5) is 8.78 Å². The zero-order chi connectivity index (χ0) is 38.9.